The molecular weight excluding hydrogens is 293 g/mol. The summed E-state index contributed by atoms with van der Waals surface area (Å²) in [5.74, 6) is 0. The fourth-order valence-electron chi connectivity index (χ4n) is 2.16. The van der Waals surface area contributed by atoms with Gasteiger partial charge in [-0.2, -0.15) is 13.2 Å². The highest BCUT2D eigenvalue weighted by atomic mass is 32.1. The van der Waals surface area contributed by atoms with Crippen molar-refractivity contribution in [3.63, 3.8) is 0 Å². The Balaban J connectivity index is 1.86. The van der Waals surface area contributed by atoms with Gasteiger partial charge in [0.15, 0.2) is 0 Å². The zero-order chi connectivity index (χ0) is 14.8. The van der Waals surface area contributed by atoms with Crippen LogP contribution in [0, 0.1) is 0 Å². The summed E-state index contributed by atoms with van der Waals surface area (Å²) in [5, 5.41) is 8.85. The maximum Gasteiger partial charge on any atom is 0.445 e. The van der Waals surface area contributed by atoms with Crippen LogP contribution in [0.4, 0.5) is 18.3 Å². The van der Waals surface area contributed by atoms with Crippen molar-refractivity contribution in [3.8, 4) is 0 Å². The third kappa shape index (κ3) is 3.80. The summed E-state index contributed by atoms with van der Waals surface area (Å²) >= 11 is 0.528. The van der Waals surface area contributed by atoms with Crippen LogP contribution in [-0.2, 0) is 10.9 Å². The molecule has 2 heterocycles. The summed E-state index contributed by atoms with van der Waals surface area (Å²) in [4.78, 5) is 2.27. The maximum atomic E-state index is 12.4. The quantitative estimate of drug-likeness (QED) is 0.923. The summed E-state index contributed by atoms with van der Waals surface area (Å²) in [5.41, 5.74) is 0. The highest BCUT2D eigenvalue weighted by Crippen LogP contribution is 2.32. The van der Waals surface area contributed by atoms with Crippen LogP contribution in [0.1, 0.15) is 18.9 Å². The van der Waals surface area contributed by atoms with E-state index in [1.54, 1.807) is 0 Å². The van der Waals surface area contributed by atoms with Crippen LogP contribution >= 0.6 is 11.3 Å². The molecule has 1 fully saturated rings. The van der Waals surface area contributed by atoms with E-state index in [1.807, 2.05) is 6.92 Å². The lowest BCUT2D eigenvalue weighted by Gasteiger charge is -2.37. The van der Waals surface area contributed by atoms with Crippen molar-refractivity contribution in [3.05, 3.63) is 5.01 Å². The molecule has 0 unspecified atom stereocenters. The number of anilines is 1. The van der Waals surface area contributed by atoms with E-state index >= 15 is 0 Å². The molecule has 0 amide bonds. The molecule has 114 valence electrons. The average Bonchev–Trinajstić information content (AvgIpc) is 2.85. The van der Waals surface area contributed by atoms with Gasteiger partial charge in [0.05, 0.1) is 13.2 Å². The molecule has 2 rings (SSSR count). The molecule has 1 aliphatic heterocycles. The smallest absolute Gasteiger partial charge is 0.379 e. The van der Waals surface area contributed by atoms with E-state index in [2.05, 4.69) is 27.3 Å². The van der Waals surface area contributed by atoms with Gasteiger partial charge < -0.3 is 10.1 Å². The van der Waals surface area contributed by atoms with Gasteiger partial charge in [0.1, 0.15) is 0 Å². The molecule has 1 aromatic rings. The number of hydrogen-bond acceptors (Lipinski definition) is 6. The number of nitrogens with zero attached hydrogens (tertiary/aromatic N) is 3. The molecular formula is C11H17F3N4OS. The fourth-order valence-corrected chi connectivity index (χ4v) is 2.77. The molecule has 0 saturated carbocycles. The van der Waals surface area contributed by atoms with E-state index in [0.29, 0.717) is 37.1 Å². The molecule has 1 aromatic heterocycles. The molecule has 2 atom stereocenters. The second-order valence-electron chi connectivity index (χ2n) is 4.80. The number of rotatable bonds is 4. The molecule has 0 aliphatic carbocycles. The van der Waals surface area contributed by atoms with Gasteiger partial charge in [-0.3, -0.25) is 4.90 Å². The zero-order valence-corrected chi connectivity index (χ0v) is 12.1. The van der Waals surface area contributed by atoms with E-state index in [4.69, 9.17) is 4.74 Å². The number of hydrogen-bond donors (Lipinski definition) is 1. The SMILES string of the molecule is C[C@@H]1COCCN1[C@@H](C)CNc1nnc(C(F)(F)F)s1. The first-order valence-corrected chi connectivity index (χ1v) is 7.17. The lowest BCUT2D eigenvalue weighted by molar-refractivity contribution is -0.138. The van der Waals surface area contributed by atoms with E-state index in [-0.39, 0.29) is 11.2 Å². The first-order chi connectivity index (χ1) is 9.38. The number of ether oxygens (including phenoxy) is 1. The minimum absolute atomic E-state index is 0.187. The van der Waals surface area contributed by atoms with Crippen LogP contribution in [0.15, 0.2) is 0 Å². The van der Waals surface area contributed by atoms with Crippen LogP contribution in [0.25, 0.3) is 0 Å². The Hall–Kier alpha value is -0.930. The summed E-state index contributed by atoms with van der Waals surface area (Å²) in [6, 6.07) is 0.493. The highest BCUT2D eigenvalue weighted by molar-refractivity contribution is 7.15. The Kier molecular flexibility index (Phi) is 4.82. The normalized spacial score (nSPS) is 22.8. The van der Waals surface area contributed by atoms with E-state index in [0.717, 1.165) is 6.54 Å². The zero-order valence-electron chi connectivity index (χ0n) is 11.3. The maximum absolute atomic E-state index is 12.4. The second kappa shape index (κ2) is 6.23. The molecule has 0 bridgehead atoms. The predicted octanol–water partition coefficient (Wildman–Crippen LogP) is 2.08. The van der Waals surface area contributed by atoms with Gasteiger partial charge in [-0.1, -0.05) is 11.3 Å². The van der Waals surface area contributed by atoms with Crippen LogP contribution in [0.2, 0.25) is 0 Å². The Morgan fingerprint density at radius 2 is 2.25 bits per heavy atom. The predicted molar refractivity (Wildman–Crippen MR) is 69.8 cm³/mol. The number of halogens is 3. The highest BCUT2D eigenvalue weighted by Gasteiger charge is 2.35. The minimum atomic E-state index is -4.43. The minimum Gasteiger partial charge on any atom is -0.379 e. The Labute approximate surface area is 119 Å². The fraction of sp³-hybridized carbons (Fsp3) is 0.818. The van der Waals surface area contributed by atoms with Gasteiger partial charge in [-0.25, -0.2) is 0 Å². The first-order valence-electron chi connectivity index (χ1n) is 6.36. The molecule has 1 N–H and O–H groups in total. The first kappa shape index (κ1) is 15.5. The largest absolute Gasteiger partial charge is 0.445 e. The van der Waals surface area contributed by atoms with Crippen molar-refractivity contribution in [2.75, 3.05) is 31.6 Å². The van der Waals surface area contributed by atoms with Crippen molar-refractivity contribution in [1.29, 1.82) is 0 Å². The molecule has 9 heteroatoms. The molecule has 0 spiro atoms. The number of nitrogens with one attached hydrogen (secondary N) is 1. The van der Waals surface area contributed by atoms with Crippen molar-refractivity contribution >= 4 is 16.5 Å². The third-order valence-corrected chi connectivity index (χ3v) is 4.13. The van der Waals surface area contributed by atoms with Gasteiger partial charge in [-0.05, 0) is 13.8 Å². The van der Waals surface area contributed by atoms with Crippen molar-refractivity contribution in [2.45, 2.75) is 32.1 Å². The molecule has 0 radical (unpaired) electrons. The molecule has 1 saturated heterocycles. The van der Waals surface area contributed by atoms with Crippen molar-refractivity contribution in [2.24, 2.45) is 0 Å². The second-order valence-corrected chi connectivity index (χ2v) is 5.78. The third-order valence-electron chi connectivity index (χ3n) is 3.20. The average molecular weight is 310 g/mol. The van der Waals surface area contributed by atoms with Gasteiger partial charge in [-0.15, -0.1) is 10.2 Å². The summed E-state index contributed by atoms with van der Waals surface area (Å²) in [6.45, 7) is 6.82. The van der Waals surface area contributed by atoms with Crippen molar-refractivity contribution < 1.29 is 17.9 Å². The summed E-state index contributed by atoms with van der Waals surface area (Å²) in [6.07, 6.45) is -4.43. The number of alkyl halides is 3. The van der Waals surface area contributed by atoms with Gasteiger partial charge >= 0.3 is 6.18 Å². The monoisotopic (exact) mass is 310 g/mol. The molecule has 0 aromatic carbocycles. The molecule has 5 nitrogen and oxygen atoms in total. The van der Waals surface area contributed by atoms with E-state index in [1.165, 1.54) is 0 Å². The topological polar surface area (TPSA) is 50.3 Å². The summed E-state index contributed by atoms with van der Waals surface area (Å²) < 4.78 is 42.6. The van der Waals surface area contributed by atoms with E-state index < -0.39 is 11.2 Å². The lowest BCUT2D eigenvalue weighted by atomic mass is 10.2. The van der Waals surface area contributed by atoms with Crippen LogP contribution < -0.4 is 5.32 Å². The molecule has 20 heavy (non-hydrogen) atoms. The van der Waals surface area contributed by atoms with Gasteiger partial charge in [0.2, 0.25) is 10.1 Å². The van der Waals surface area contributed by atoms with Crippen LogP contribution in [-0.4, -0.2) is 53.5 Å². The van der Waals surface area contributed by atoms with Crippen LogP contribution in [0.5, 0.6) is 0 Å². The van der Waals surface area contributed by atoms with Crippen molar-refractivity contribution in [1.82, 2.24) is 15.1 Å². The van der Waals surface area contributed by atoms with E-state index in [9.17, 15) is 13.2 Å². The summed E-state index contributed by atoms with van der Waals surface area (Å²) in [7, 11) is 0. The Morgan fingerprint density at radius 3 is 2.85 bits per heavy atom. The molecule has 1 aliphatic rings. The van der Waals surface area contributed by atoms with Crippen LogP contribution in [0.3, 0.4) is 0 Å². The van der Waals surface area contributed by atoms with Gasteiger partial charge in [0.25, 0.3) is 0 Å². The van der Waals surface area contributed by atoms with Gasteiger partial charge in [0, 0.05) is 25.2 Å². The Morgan fingerprint density at radius 1 is 1.50 bits per heavy atom. The number of morpholine rings is 1. The number of aromatic nitrogens is 2. The standard InChI is InChI=1S/C11H17F3N4OS/c1-7(18-3-4-19-6-8(18)2)5-15-10-17-16-9(20-10)11(12,13)14/h7-8H,3-6H2,1-2H3,(H,15,17)/t7-,8+/m0/s1. The Bertz CT molecular complexity index is 440. The lowest BCUT2D eigenvalue weighted by Crippen LogP contribution is -2.50.